The highest BCUT2D eigenvalue weighted by atomic mass is 15.2. The maximum absolute atomic E-state index is 2.70. The molecule has 1 heterocycles. The fraction of sp³-hybridized carbons (Fsp3) is 1.00. The maximum Gasteiger partial charge on any atom is 0.0128 e. The molecule has 0 radical (unpaired) electrons. The van der Waals surface area contributed by atoms with Crippen LogP contribution in [-0.4, -0.2) is 23.0 Å². The van der Waals surface area contributed by atoms with Crippen molar-refractivity contribution in [2.45, 2.75) is 65.5 Å². The third kappa shape index (κ3) is 2.70. The van der Waals surface area contributed by atoms with Crippen molar-refractivity contribution in [3.8, 4) is 0 Å². The van der Waals surface area contributed by atoms with E-state index in [9.17, 15) is 0 Å². The van der Waals surface area contributed by atoms with Crippen molar-refractivity contribution in [1.29, 1.82) is 0 Å². The molecule has 0 aromatic carbocycles. The minimum Gasteiger partial charge on any atom is -0.295 e. The second kappa shape index (κ2) is 4.00. The first-order chi connectivity index (χ1) is 5.93. The van der Waals surface area contributed by atoms with Gasteiger partial charge in [-0.2, -0.15) is 0 Å². The van der Waals surface area contributed by atoms with E-state index < -0.39 is 0 Å². The van der Waals surface area contributed by atoms with Gasteiger partial charge in [0, 0.05) is 11.6 Å². The predicted molar refractivity (Wildman–Crippen MR) is 58.9 cm³/mol. The molecule has 0 amide bonds. The fourth-order valence-corrected chi connectivity index (χ4v) is 2.48. The van der Waals surface area contributed by atoms with Gasteiger partial charge >= 0.3 is 0 Å². The Morgan fingerprint density at radius 2 is 1.77 bits per heavy atom. The van der Waals surface area contributed by atoms with E-state index in [4.69, 9.17) is 0 Å². The van der Waals surface area contributed by atoms with Crippen molar-refractivity contribution in [1.82, 2.24) is 4.90 Å². The summed E-state index contributed by atoms with van der Waals surface area (Å²) < 4.78 is 0. The van der Waals surface area contributed by atoms with Gasteiger partial charge in [-0.05, 0) is 46.1 Å². The van der Waals surface area contributed by atoms with Crippen LogP contribution in [0.4, 0.5) is 0 Å². The van der Waals surface area contributed by atoms with Gasteiger partial charge in [-0.3, -0.25) is 4.90 Å². The van der Waals surface area contributed by atoms with Crippen LogP contribution in [0.15, 0.2) is 0 Å². The molecule has 0 aromatic rings. The van der Waals surface area contributed by atoms with Crippen molar-refractivity contribution >= 4 is 0 Å². The van der Waals surface area contributed by atoms with E-state index >= 15 is 0 Å². The predicted octanol–water partition coefficient (Wildman–Crippen LogP) is 3.30. The minimum atomic E-state index is 0.357. The molecule has 0 spiro atoms. The molecule has 0 bridgehead atoms. The largest absolute Gasteiger partial charge is 0.295 e. The lowest BCUT2D eigenvalue weighted by Crippen LogP contribution is -2.52. The Morgan fingerprint density at radius 3 is 2.15 bits per heavy atom. The zero-order chi connectivity index (χ0) is 10.1. The third-order valence-corrected chi connectivity index (χ3v) is 3.18. The van der Waals surface area contributed by atoms with Gasteiger partial charge in [-0.25, -0.2) is 0 Å². The summed E-state index contributed by atoms with van der Waals surface area (Å²) in [4.78, 5) is 2.70. The molecule has 0 N–H and O–H groups in total. The number of rotatable bonds is 1. The van der Waals surface area contributed by atoms with Crippen LogP contribution in [0.3, 0.4) is 0 Å². The van der Waals surface area contributed by atoms with E-state index in [0.717, 1.165) is 12.0 Å². The zero-order valence-corrected chi connectivity index (χ0v) is 9.93. The number of piperidine rings is 1. The van der Waals surface area contributed by atoms with Crippen LogP contribution in [0.5, 0.6) is 0 Å². The van der Waals surface area contributed by atoms with Crippen LogP contribution < -0.4 is 0 Å². The summed E-state index contributed by atoms with van der Waals surface area (Å²) in [6.45, 7) is 13.0. The van der Waals surface area contributed by atoms with E-state index in [-0.39, 0.29) is 0 Å². The molecule has 13 heavy (non-hydrogen) atoms. The van der Waals surface area contributed by atoms with E-state index in [1.165, 1.54) is 25.8 Å². The van der Waals surface area contributed by atoms with Gasteiger partial charge in [-0.15, -0.1) is 0 Å². The van der Waals surface area contributed by atoms with Gasteiger partial charge in [0.1, 0.15) is 0 Å². The fourth-order valence-electron chi connectivity index (χ4n) is 2.48. The SMILES string of the molecule is CC(C)C1CCCCN1C(C)(C)C. The molecule has 1 aliphatic rings. The molecule has 1 nitrogen and oxygen atoms in total. The molecule has 1 rings (SSSR count). The van der Waals surface area contributed by atoms with Crippen LogP contribution in [0.25, 0.3) is 0 Å². The molecule has 1 unspecified atom stereocenters. The summed E-state index contributed by atoms with van der Waals surface area (Å²) >= 11 is 0. The third-order valence-electron chi connectivity index (χ3n) is 3.18. The second-order valence-electron chi connectivity index (χ2n) is 5.67. The average molecular weight is 183 g/mol. The summed E-state index contributed by atoms with van der Waals surface area (Å²) in [6, 6.07) is 0.814. The zero-order valence-electron chi connectivity index (χ0n) is 9.93. The molecule has 0 aliphatic carbocycles. The summed E-state index contributed by atoms with van der Waals surface area (Å²) in [7, 11) is 0. The lowest BCUT2D eigenvalue weighted by Gasteiger charge is -2.46. The molecule has 78 valence electrons. The normalized spacial score (nSPS) is 26.8. The van der Waals surface area contributed by atoms with Crippen LogP contribution in [0.1, 0.15) is 53.9 Å². The maximum atomic E-state index is 2.70. The summed E-state index contributed by atoms with van der Waals surface area (Å²) in [6.07, 6.45) is 4.21. The average Bonchev–Trinajstić information content (AvgIpc) is 2.03. The lowest BCUT2D eigenvalue weighted by atomic mass is 9.88. The molecule has 1 heteroatoms. The molecule has 0 saturated carbocycles. The van der Waals surface area contributed by atoms with Crippen LogP contribution in [-0.2, 0) is 0 Å². The molecular weight excluding hydrogens is 158 g/mol. The van der Waals surface area contributed by atoms with Crippen molar-refractivity contribution < 1.29 is 0 Å². The highest BCUT2D eigenvalue weighted by Gasteiger charge is 2.32. The van der Waals surface area contributed by atoms with Crippen molar-refractivity contribution in [2.24, 2.45) is 5.92 Å². The smallest absolute Gasteiger partial charge is 0.0128 e. The first-order valence-electron chi connectivity index (χ1n) is 5.69. The van der Waals surface area contributed by atoms with E-state index in [1.807, 2.05) is 0 Å². The van der Waals surface area contributed by atoms with E-state index in [0.29, 0.717) is 5.54 Å². The van der Waals surface area contributed by atoms with Crippen LogP contribution in [0, 0.1) is 5.92 Å². The first-order valence-corrected chi connectivity index (χ1v) is 5.69. The van der Waals surface area contributed by atoms with E-state index in [2.05, 4.69) is 39.5 Å². The molecule has 0 aromatic heterocycles. The highest BCUT2D eigenvalue weighted by molar-refractivity contribution is 4.87. The molecule has 1 saturated heterocycles. The molecular formula is C12H25N. The summed E-state index contributed by atoms with van der Waals surface area (Å²) in [5, 5.41) is 0. The number of likely N-dealkylation sites (tertiary alicyclic amines) is 1. The van der Waals surface area contributed by atoms with Gasteiger partial charge in [0.05, 0.1) is 0 Å². The van der Waals surface area contributed by atoms with Gasteiger partial charge in [-0.1, -0.05) is 20.3 Å². The van der Waals surface area contributed by atoms with Gasteiger partial charge < -0.3 is 0 Å². The minimum absolute atomic E-state index is 0.357. The van der Waals surface area contributed by atoms with Gasteiger partial charge in [0.25, 0.3) is 0 Å². The Morgan fingerprint density at radius 1 is 1.15 bits per heavy atom. The Hall–Kier alpha value is -0.0400. The lowest BCUT2D eigenvalue weighted by molar-refractivity contribution is 0.0281. The highest BCUT2D eigenvalue weighted by Crippen LogP contribution is 2.29. The first kappa shape index (κ1) is 11.0. The Labute approximate surface area is 83.5 Å². The standard InChI is InChI=1S/C12H25N/c1-10(2)11-8-6-7-9-13(11)12(3,4)5/h10-11H,6-9H2,1-5H3. The van der Waals surface area contributed by atoms with Gasteiger partial charge in [0.2, 0.25) is 0 Å². The molecule has 1 aliphatic heterocycles. The van der Waals surface area contributed by atoms with Crippen molar-refractivity contribution in [2.75, 3.05) is 6.54 Å². The van der Waals surface area contributed by atoms with Gasteiger partial charge in [0.15, 0.2) is 0 Å². The second-order valence-corrected chi connectivity index (χ2v) is 5.67. The molecule has 1 atom stereocenters. The molecule has 1 fully saturated rings. The van der Waals surface area contributed by atoms with Crippen LogP contribution in [0.2, 0.25) is 0 Å². The Balaban J connectivity index is 2.67. The monoisotopic (exact) mass is 183 g/mol. The van der Waals surface area contributed by atoms with Crippen molar-refractivity contribution in [3.05, 3.63) is 0 Å². The van der Waals surface area contributed by atoms with Crippen molar-refractivity contribution in [3.63, 3.8) is 0 Å². The number of hydrogen-bond acceptors (Lipinski definition) is 1. The Kier molecular flexibility index (Phi) is 3.39. The number of hydrogen-bond donors (Lipinski definition) is 0. The van der Waals surface area contributed by atoms with E-state index in [1.54, 1.807) is 0 Å². The quantitative estimate of drug-likeness (QED) is 0.603. The topological polar surface area (TPSA) is 3.24 Å². The van der Waals surface area contributed by atoms with Crippen LogP contribution >= 0.6 is 0 Å². The number of nitrogens with zero attached hydrogens (tertiary/aromatic N) is 1. The Bertz CT molecular complexity index is 155. The summed E-state index contributed by atoms with van der Waals surface area (Å²) in [5.74, 6) is 0.805. The summed E-state index contributed by atoms with van der Waals surface area (Å²) in [5.41, 5.74) is 0.357.